The standard InChI is InChI=1S/C4H12NOP/c1-3-5(4-2)7-6/h6-7H,3-4H2,1-2H3. The van der Waals surface area contributed by atoms with E-state index in [-0.39, 0.29) is 8.96 Å². The van der Waals surface area contributed by atoms with Gasteiger partial charge in [0.05, 0.1) is 8.96 Å². The maximum absolute atomic E-state index is 8.48. The van der Waals surface area contributed by atoms with Gasteiger partial charge in [0.1, 0.15) is 0 Å². The van der Waals surface area contributed by atoms with Crippen molar-refractivity contribution in [3.8, 4) is 0 Å². The van der Waals surface area contributed by atoms with Gasteiger partial charge in [-0.3, -0.25) is 4.67 Å². The smallest absolute Gasteiger partial charge is 0.0852 e. The summed E-state index contributed by atoms with van der Waals surface area (Å²) in [5.41, 5.74) is 0. The van der Waals surface area contributed by atoms with Crippen LogP contribution in [0.1, 0.15) is 13.8 Å². The molecule has 44 valence electrons. The van der Waals surface area contributed by atoms with Crippen molar-refractivity contribution >= 4 is 8.96 Å². The summed E-state index contributed by atoms with van der Waals surface area (Å²) in [6.07, 6.45) is 0. The van der Waals surface area contributed by atoms with Gasteiger partial charge >= 0.3 is 0 Å². The highest BCUT2D eigenvalue weighted by atomic mass is 31.1. The Hall–Kier alpha value is 0.350. The van der Waals surface area contributed by atoms with E-state index in [4.69, 9.17) is 4.89 Å². The van der Waals surface area contributed by atoms with Crippen LogP contribution in [-0.4, -0.2) is 22.7 Å². The summed E-state index contributed by atoms with van der Waals surface area (Å²) in [7, 11) is -0.0177. The minimum atomic E-state index is -0.0177. The van der Waals surface area contributed by atoms with Gasteiger partial charge in [0.15, 0.2) is 0 Å². The third-order valence-corrected chi connectivity index (χ3v) is 1.82. The fourth-order valence-electron chi connectivity index (χ4n) is 0.365. The van der Waals surface area contributed by atoms with E-state index in [9.17, 15) is 0 Å². The van der Waals surface area contributed by atoms with Gasteiger partial charge in [0, 0.05) is 13.1 Å². The molecule has 0 fully saturated rings. The first-order valence-corrected chi connectivity index (χ1v) is 3.39. The zero-order valence-corrected chi connectivity index (χ0v) is 5.81. The Morgan fingerprint density at radius 1 is 1.43 bits per heavy atom. The van der Waals surface area contributed by atoms with E-state index in [0.29, 0.717) is 0 Å². The zero-order chi connectivity index (χ0) is 5.70. The van der Waals surface area contributed by atoms with Gasteiger partial charge in [-0.05, 0) is 0 Å². The van der Waals surface area contributed by atoms with E-state index in [1.807, 2.05) is 18.5 Å². The molecule has 3 heteroatoms. The molecule has 0 bridgehead atoms. The molecule has 0 aliphatic rings. The lowest BCUT2D eigenvalue weighted by Crippen LogP contribution is -2.10. The van der Waals surface area contributed by atoms with Gasteiger partial charge < -0.3 is 4.89 Å². The molecule has 0 aromatic heterocycles. The van der Waals surface area contributed by atoms with Crippen LogP contribution in [-0.2, 0) is 0 Å². The molecule has 0 aliphatic heterocycles. The van der Waals surface area contributed by atoms with Gasteiger partial charge in [-0.2, -0.15) is 0 Å². The fraction of sp³-hybridized carbons (Fsp3) is 1.00. The monoisotopic (exact) mass is 121 g/mol. The minimum Gasteiger partial charge on any atom is -0.361 e. The molecule has 1 N–H and O–H groups in total. The molecule has 0 radical (unpaired) electrons. The maximum atomic E-state index is 8.48. The van der Waals surface area contributed by atoms with Crippen LogP contribution in [0.3, 0.4) is 0 Å². The van der Waals surface area contributed by atoms with Gasteiger partial charge in [0.25, 0.3) is 0 Å². The molecular weight excluding hydrogens is 109 g/mol. The summed E-state index contributed by atoms with van der Waals surface area (Å²) in [5.74, 6) is 0. The summed E-state index contributed by atoms with van der Waals surface area (Å²) < 4.78 is 1.96. The summed E-state index contributed by atoms with van der Waals surface area (Å²) in [6.45, 7) is 5.97. The van der Waals surface area contributed by atoms with Crippen molar-refractivity contribution in [2.45, 2.75) is 13.8 Å². The molecule has 7 heavy (non-hydrogen) atoms. The van der Waals surface area contributed by atoms with Crippen molar-refractivity contribution in [2.24, 2.45) is 0 Å². The van der Waals surface area contributed by atoms with E-state index in [1.165, 1.54) is 0 Å². The normalized spacial score (nSPS) is 12.0. The molecular formula is C4H12NOP. The van der Waals surface area contributed by atoms with Crippen LogP contribution in [0.5, 0.6) is 0 Å². The second kappa shape index (κ2) is 4.51. The molecule has 1 unspecified atom stereocenters. The number of rotatable bonds is 3. The number of nitrogens with zero attached hydrogens (tertiary/aromatic N) is 1. The maximum Gasteiger partial charge on any atom is 0.0852 e. The lowest BCUT2D eigenvalue weighted by Gasteiger charge is -2.11. The Labute approximate surface area is 46.4 Å². The van der Waals surface area contributed by atoms with Crippen LogP contribution in [0, 0.1) is 0 Å². The molecule has 2 nitrogen and oxygen atoms in total. The van der Waals surface area contributed by atoms with Crippen molar-refractivity contribution in [1.82, 2.24) is 4.67 Å². The Bertz CT molecular complexity index is 33.2. The fourth-order valence-corrected chi connectivity index (χ4v) is 0.648. The third-order valence-electron chi connectivity index (χ3n) is 0.905. The van der Waals surface area contributed by atoms with E-state index in [2.05, 4.69) is 0 Å². The van der Waals surface area contributed by atoms with Crippen LogP contribution >= 0.6 is 8.96 Å². The molecule has 0 aromatic carbocycles. The second-order valence-electron chi connectivity index (χ2n) is 1.27. The first-order valence-electron chi connectivity index (χ1n) is 2.49. The van der Waals surface area contributed by atoms with E-state index >= 15 is 0 Å². The van der Waals surface area contributed by atoms with Crippen molar-refractivity contribution in [2.75, 3.05) is 13.1 Å². The molecule has 0 rings (SSSR count). The lowest BCUT2D eigenvalue weighted by atomic mass is 10.7. The first kappa shape index (κ1) is 7.35. The highest BCUT2D eigenvalue weighted by Crippen LogP contribution is 2.08. The molecule has 0 heterocycles. The summed E-state index contributed by atoms with van der Waals surface area (Å²) in [5, 5.41) is 0. The van der Waals surface area contributed by atoms with Gasteiger partial charge in [0.2, 0.25) is 0 Å². The number of hydrogen-bond acceptors (Lipinski definition) is 2. The average molecular weight is 121 g/mol. The van der Waals surface area contributed by atoms with Crippen LogP contribution in [0.2, 0.25) is 0 Å². The van der Waals surface area contributed by atoms with Gasteiger partial charge in [-0.1, -0.05) is 13.8 Å². The summed E-state index contributed by atoms with van der Waals surface area (Å²) in [4.78, 5) is 8.48. The SMILES string of the molecule is CCN(CC)PO. The van der Waals surface area contributed by atoms with Gasteiger partial charge in [-0.15, -0.1) is 0 Å². The van der Waals surface area contributed by atoms with Crippen LogP contribution in [0.4, 0.5) is 0 Å². The Morgan fingerprint density at radius 2 is 1.86 bits per heavy atom. The Kier molecular flexibility index (Phi) is 4.73. The van der Waals surface area contributed by atoms with E-state index in [0.717, 1.165) is 13.1 Å². The molecule has 0 saturated heterocycles. The largest absolute Gasteiger partial charge is 0.361 e. The van der Waals surface area contributed by atoms with Crippen molar-refractivity contribution in [3.63, 3.8) is 0 Å². The quantitative estimate of drug-likeness (QED) is 0.559. The average Bonchev–Trinajstić information content (AvgIpc) is 1.72. The van der Waals surface area contributed by atoms with Crippen molar-refractivity contribution in [1.29, 1.82) is 0 Å². The van der Waals surface area contributed by atoms with E-state index < -0.39 is 0 Å². The highest BCUT2D eigenvalue weighted by Gasteiger charge is 1.91. The highest BCUT2D eigenvalue weighted by molar-refractivity contribution is 7.28. The molecule has 0 aliphatic carbocycles. The number of hydrogen-bond donors (Lipinski definition) is 1. The predicted octanol–water partition coefficient (Wildman–Crippen LogP) is 0.829. The lowest BCUT2D eigenvalue weighted by molar-refractivity contribution is 0.461. The summed E-state index contributed by atoms with van der Waals surface area (Å²) in [6, 6.07) is 0. The Morgan fingerprint density at radius 3 is 1.86 bits per heavy atom. The molecule has 0 spiro atoms. The van der Waals surface area contributed by atoms with Crippen molar-refractivity contribution < 1.29 is 4.89 Å². The van der Waals surface area contributed by atoms with Gasteiger partial charge in [-0.25, -0.2) is 0 Å². The predicted molar refractivity (Wildman–Crippen MR) is 33.5 cm³/mol. The second-order valence-corrected chi connectivity index (χ2v) is 2.10. The van der Waals surface area contributed by atoms with E-state index in [1.54, 1.807) is 0 Å². The minimum absolute atomic E-state index is 0.0177. The zero-order valence-electron chi connectivity index (χ0n) is 4.81. The molecule has 1 atom stereocenters. The third kappa shape index (κ3) is 2.98. The molecule has 0 aromatic rings. The molecule has 0 saturated carbocycles. The first-order chi connectivity index (χ1) is 3.35. The topological polar surface area (TPSA) is 23.5 Å². The molecule has 0 amide bonds. The van der Waals surface area contributed by atoms with Crippen LogP contribution in [0.15, 0.2) is 0 Å². The summed E-state index contributed by atoms with van der Waals surface area (Å²) >= 11 is 0. The Balaban J connectivity index is 2.99. The van der Waals surface area contributed by atoms with Crippen LogP contribution < -0.4 is 0 Å². The van der Waals surface area contributed by atoms with Crippen molar-refractivity contribution in [3.05, 3.63) is 0 Å². The van der Waals surface area contributed by atoms with Crippen LogP contribution in [0.25, 0.3) is 0 Å².